The van der Waals surface area contributed by atoms with E-state index in [0.29, 0.717) is 29.0 Å². The molecule has 0 amide bonds. The molecule has 1 aliphatic rings. The molecule has 2 aromatic heterocycles. The minimum atomic E-state index is -0.640. The van der Waals surface area contributed by atoms with E-state index in [-0.39, 0.29) is 17.5 Å². The third-order valence-corrected chi connectivity index (χ3v) is 3.53. The van der Waals surface area contributed by atoms with Crippen molar-refractivity contribution in [3.05, 3.63) is 50.4 Å². The monoisotopic (exact) mass is 291 g/mol. The summed E-state index contributed by atoms with van der Waals surface area (Å²) in [5.41, 5.74) is 1.20. The van der Waals surface area contributed by atoms with Crippen LogP contribution in [0.25, 0.3) is 12.2 Å². The summed E-state index contributed by atoms with van der Waals surface area (Å²) in [5.74, 6) is -0.0647. The molecule has 0 spiro atoms. The van der Waals surface area contributed by atoms with Crippen molar-refractivity contribution in [2.75, 3.05) is 0 Å². The predicted molar refractivity (Wildman–Crippen MR) is 71.5 cm³/mol. The van der Waals surface area contributed by atoms with Crippen LogP contribution in [0.15, 0.2) is 16.5 Å². The van der Waals surface area contributed by atoms with Crippen LogP contribution in [0.1, 0.15) is 35.8 Å². The van der Waals surface area contributed by atoms with Gasteiger partial charge in [-0.2, -0.15) is 0 Å². The summed E-state index contributed by atoms with van der Waals surface area (Å²) >= 11 is 0. The lowest BCUT2D eigenvalue weighted by atomic mass is 10.0. The maximum Gasteiger partial charge on any atom is 0.433 e. The van der Waals surface area contributed by atoms with Gasteiger partial charge >= 0.3 is 11.7 Å². The molecular weight excluding hydrogens is 278 g/mol. The minimum Gasteiger partial charge on any atom is -0.710 e. The first-order valence-electron chi connectivity index (χ1n) is 6.55. The molecule has 3 rings (SSSR count). The number of hydrogen-bond donors (Lipinski definition) is 1. The number of furan rings is 1. The second-order valence-electron chi connectivity index (χ2n) is 4.83. The average molecular weight is 291 g/mol. The Morgan fingerprint density at radius 2 is 2.10 bits per heavy atom. The van der Waals surface area contributed by atoms with Gasteiger partial charge in [-0.15, -0.1) is 0 Å². The third-order valence-electron chi connectivity index (χ3n) is 3.53. The largest absolute Gasteiger partial charge is 0.710 e. The van der Waals surface area contributed by atoms with Gasteiger partial charge in [0.05, 0.1) is 6.07 Å². The highest BCUT2D eigenvalue weighted by atomic mass is 16.6. The Morgan fingerprint density at radius 1 is 1.33 bits per heavy atom. The van der Waals surface area contributed by atoms with Gasteiger partial charge in [0.15, 0.2) is 11.4 Å². The van der Waals surface area contributed by atoms with E-state index in [1.807, 2.05) is 0 Å². The van der Waals surface area contributed by atoms with Gasteiger partial charge in [-0.05, 0) is 29.7 Å². The van der Waals surface area contributed by atoms with Gasteiger partial charge in [-0.3, -0.25) is 10.1 Å². The summed E-state index contributed by atoms with van der Waals surface area (Å²) in [4.78, 5) is 9.88. The van der Waals surface area contributed by atoms with E-state index >= 15 is 0 Å². The molecule has 2 heterocycles. The van der Waals surface area contributed by atoms with E-state index in [0.717, 1.165) is 17.6 Å². The van der Waals surface area contributed by atoms with Crippen LogP contribution < -0.4 is 4.73 Å². The van der Waals surface area contributed by atoms with Gasteiger partial charge < -0.3 is 14.8 Å². The van der Waals surface area contributed by atoms with Crippen LogP contribution in [-0.2, 0) is 12.8 Å². The van der Waals surface area contributed by atoms with Crippen molar-refractivity contribution >= 4 is 18.0 Å². The van der Waals surface area contributed by atoms with Crippen molar-refractivity contribution in [1.82, 2.24) is 4.73 Å². The zero-order valence-electron chi connectivity index (χ0n) is 11.1. The Morgan fingerprint density at radius 3 is 2.76 bits per heavy atom. The van der Waals surface area contributed by atoms with E-state index in [1.54, 1.807) is 0 Å². The Bertz CT molecular complexity index is 699. The zero-order chi connectivity index (χ0) is 15.0. The number of nitro groups is 1. The molecule has 8 heteroatoms. The first kappa shape index (κ1) is 13.2. The number of imidazole rings is 1. The number of hydrogen-bond acceptors (Lipinski definition) is 5. The Labute approximate surface area is 119 Å². The fourth-order valence-electron chi connectivity index (χ4n) is 2.51. The van der Waals surface area contributed by atoms with Crippen molar-refractivity contribution in [2.24, 2.45) is 0 Å². The van der Waals surface area contributed by atoms with Gasteiger partial charge in [0.25, 0.3) is 0 Å². The molecule has 2 aromatic rings. The van der Waals surface area contributed by atoms with Crippen molar-refractivity contribution in [1.29, 1.82) is 0 Å². The summed E-state index contributed by atoms with van der Waals surface area (Å²) in [6, 6.07) is 2.66. The normalized spacial score (nSPS) is 14.5. The van der Waals surface area contributed by atoms with Crippen LogP contribution in [0, 0.1) is 15.3 Å². The lowest BCUT2D eigenvalue weighted by Crippen LogP contribution is -2.33. The van der Waals surface area contributed by atoms with Crippen LogP contribution in [0.5, 0.6) is 0 Å². The molecule has 0 aromatic carbocycles. The molecule has 8 nitrogen and oxygen atoms in total. The summed E-state index contributed by atoms with van der Waals surface area (Å²) in [5, 5.41) is 32.7. The minimum absolute atomic E-state index is 0.0703. The first-order valence-corrected chi connectivity index (χ1v) is 6.55. The van der Waals surface area contributed by atoms with Crippen molar-refractivity contribution < 1.29 is 19.3 Å². The molecule has 0 aliphatic heterocycles. The van der Waals surface area contributed by atoms with Gasteiger partial charge in [0.2, 0.25) is 0 Å². The fourth-order valence-corrected chi connectivity index (χ4v) is 2.51. The summed E-state index contributed by atoms with van der Waals surface area (Å²) in [6.07, 6.45) is 5.95. The molecule has 21 heavy (non-hydrogen) atoms. The molecule has 0 bridgehead atoms. The maximum atomic E-state index is 12.1. The van der Waals surface area contributed by atoms with Crippen LogP contribution in [0.3, 0.4) is 0 Å². The SMILES string of the molecule is O=[N+]([O-])c1ccc(/C=C/c2n(O)c3c([n+]2[O-])CCCC3)o1. The van der Waals surface area contributed by atoms with Crippen LogP contribution in [0.4, 0.5) is 5.88 Å². The Kier molecular flexibility index (Phi) is 3.13. The summed E-state index contributed by atoms with van der Waals surface area (Å²) in [7, 11) is 0. The van der Waals surface area contributed by atoms with Crippen LogP contribution in [0.2, 0.25) is 0 Å². The van der Waals surface area contributed by atoms with Gasteiger partial charge in [0.1, 0.15) is 10.7 Å². The summed E-state index contributed by atoms with van der Waals surface area (Å²) < 4.78 is 6.54. The van der Waals surface area contributed by atoms with E-state index in [9.17, 15) is 20.5 Å². The van der Waals surface area contributed by atoms with Gasteiger partial charge in [-0.25, -0.2) is 4.73 Å². The standard InChI is InChI=1S/C13H13N3O5/c17-14-10-3-1-2-4-11(10)15(18)12(14)7-5-9-6-8-13(21-9)16(19)20/h5-8,17H,1-4H2/b7-5+. The van der Waals surface area contributed by atoms with E-state index in [1.165, 1.54) is 24.3 Å². The quantitative estimate of drug-likeness (QED) is 0.305. The molecule has 0 saturated carbocycles. The molecule has 0 fully saturated rings. The molecule has 0 unspecified atom stereocenters. The van der Waals surface area contributed by atoms with Crippen molar-refractivity contribution in [2.45, 2.75) is 25.7 Å². The second-order valence-corrected chi connectivity index (χ2v) is 4.83. The van der Waals surface area contributed by atoms with Gasteiger partial charge in [-0.1, -0.05) is 0 Å². The van der Waals surface area contributed by atoms with E-state index in [2.05, 4.69) is 0 Å². The van der Waals surface area contributed by atoms with E-state index in [4.69, 9.17) is 4.42 Å². The van der Waals surface area contributed by atoms with Crippen molar-refractivity contribution in [3.63, 3.8) is 0 Å². The number of fused-ring (bicyclic) bond motifs is 1. The van der Waals surface area contributed by atoms with Crippen molar-refractivity contribution in [3.8, 4) is 0 Å². The molecule has 0 radical (unpaired) electrons. The predicted octanol–water partition coefficient (Wildman–Crippen LogP) is 1.91. The lowest BCUT2D eigenvalue weighted by Gasteiger charge is -2.08. The molecule has 1 N–H and O–H groups in total. The zero-order valence-corrected chi connectivity index (χ0v) is 11.1. The highest BCUT2D eigenvalue weighted by Gasteiger charge is 2.28. The molecule has 110 valence electrons. The number of nitrogens with zero attached hydrogens (tertiary/aromatic N) is 3. The lowest BCUT2D eigenvalue weighted by molar-refractivity contribution is -0.616. The summed E-state index contributed by atoms with van der Waals surface area (Å²) in [6.45, 7) is 0. The highest BCUT2D eigenvalue weighted by molar-refractivity contribution is 5.63. The Balaban J connectivity index is 1.92. The highest BCUT2D eigenvalue weighted by Crippen LogP contribution is 2.21. The van der Waals surface area contributed by atoms with Crippen LogP contribution in [-0.4, -0.2) is 14.9 Å². The van der Waals surface area contributed by atoms with Gasteiger partial charge in [0, 0.05) is 18.9 Å². The molecule has 0 atom stereocenters. The number of rotatable bonds is 3. The molecule has 0 saturated heterocycles. The van der Waals surface area contributed by atoms with E-state index < -0.39 is 4.92 Å². The second kappa shape index (κ2) is 4.97. The fraction of sp³-hybridized carbons (Fsp3) is 0.308. The Hall–Kier alpha value is -2.77. The maximum absolute atomic E-state index is 12.1. The first-order chi connectivity index (χ1) is 10.1. The molecule has 1 aliphatic carbocycles. The molecular formula is C13H13N3O5. The average Bonchev–Trinajstić information content (AvgIpc) is 3.03. The van der Waals surface area contributed by atoms with Crippen LogP contribution >= 0.6 is 0 Å². The number of aromatic nitrogens is 2. The third kappa shape index (κ3) is 2.24. The topological polar surface area (TPSA) is 108 Å². The smallest absolute Gasteiger partial charge is 0.433 e.